The number of nitrogens with one attached hydrogen (secondary N) is 1. The highest BCUT2D eigenvalue weighted by atomic mass is 32.2. The molecule has 0 aliphatic heterocycles. The zero-order valence-corrected chi connectivity index (χ0v) is 16.2. The zero-order chi connectivity index (χ0) is 19.6. The maximum absolute atomic E-state index is 12.7. The number of aromatic nitrogens is 1. The molecule has 3 rings (SSSR count). The minimum absolute atomic E-state index is 0.176. The van der Waals surface area contributed by atoms with E-state index < -0.39 is 15.9 Å². The molecule has 1 N–H and O–H groups in total. The number of hydrogen-bond acceptors (Lipinski definition) is 4. The molecule has 0 spiro atoms. The Morgan fingerprint density at radius 1 is 1.07 bits per heavy atom. The van der Waals surface area contributed by atoms with Gasteiger partial charge in [0, 0.05) is 18.6 Å². The van der Waals surface area contributed by atoms with Crippen LogP contribution < -0.4 is 5.32 Å². The Kier molecular flexibility index (Phi) is 5.25. The summed E-state index contributed by atoms with van der Waals surface area (Å²) in [5, 5.41) is 3.57. The SMILES string of the molecule is Cc1ccc(S(=O)(=O)N(C)CC(=O)Nc2cccc3ncccc23)cc1C. The minimum atomic E-state index is -3.75. The summed E-state index contributed by atoms with van der Waals surface area (Å²) in [5.74, 6) is -0.415. The van der Waals surface area contributed by atoms with Crippen LogP contribution in [0.3, 0.4) is 0 Å². The van der Waals surface area contributed by atoms with E-state index in [9.17, 15) is 13.2 Å². The number of nitrogens with zero attached hydrogens (tertiary/aromatic N) is 2. The van der Waals surface area contributed by atoms with Gasteiger partial charge in [0.1, 0.15) is 0 Å². The van der Waals surface area contributed by atoms with Crippen molar-refractivity contribution in [2.75, 3.05) is 18.9 Å². The molecule has 3 aromatic rings. The van der Waals surface area contributed by atoms with Gasteiger partial charge in [0.15, 0.2) is 0 Å². The average Bonchev–Trinajstić information content (AvgIpc) is 2.64. The Morgan fingerprint density at radius 2 is 1.85 bits per heavy atom. The third kappa shape index (κ3) is 3.99. The maximum atomic E-state index is 12.7. The van der Waals surface area contributed by atoms with E-state index in [-0.39, 0.29) is 11.4 Å². The van der Waals surface area contributed by atoms with Crippen molar-refractivity contribution in [1.29, 1.82) is 0 Å². The van der Waals surface area contributed by atoms with E-state index in [1.165, 1.54) is 7.05 Å². The lowest BCUT2D eigenvalue weighted by molar-refractivity contribution is -0.116. The molecule has 6 nitrogen and oxygen atoms in total. The molecule has 1 amide bonds. The van der Waals surface area contributed by atoms with Gasteiger partial charge in [0.25, 0.3) is 0 Å². The molecule has 0 saturated heterocycles. The molecule has 0 aliphatic rings. The van der Waals surface area contributed by atoms with Gasteiger partial charge in [-0.15, -0.1) is 0 Å². The van der Waals surface area contributed by atoms with Gasteiger partial charge >= 0.3 is 0 Å². The maximum Gasteiger partial charge on any atom is 0.243 e. The molecule has 2 aromatic carbocycles. The molecule has 0 fully saturated rings. The van der Waals surface area contributed by atoms with Crippen molar-refractivity contribution in [3.63, 3.8) is 0 Å². The summed E-state index contributed by atoms with van der Waals surface area (Å²) in [6.45, 7) is 3.49. The predicted octanol–water partition coefficient (Wildman–Crippen LogP) is 3.11. The van der Waals surface area contributed by atoms with Crippen molar-refractivity contribution < 1.29 is 13.2 Å². The first-order valence-corrected chi connectivity index (χ1v) is 9.90. The van der Waals surface area contributed by atoms with Crippen molar-refractivity contribution in [2.45, 2.75) is 18.7 Å². The third-order valence-corrected chi connectivity index (χ3v) is 6.27. The van der Waals surface area contributed by atoms with Crippen LogP contribution in [-0.2, 0) is 14.8 Å². The first-order chi connectivity index (χ1) is 12.8. The van der Waals surface area contributed by atoms with Crippen LogP contribution in [0.25, 0.3) is 10.9 Å². The Bertz CT molecular complexity index is 1110. The topological polar surface area (TPSA) is 79.4 Å². The highest BCUT2D eigenvalue weighted by Crippen LogP contribution is 2.22. The summed E-state index contributed by atoms with van der Waals surface area (Å²) in [4.78, 5) is 16.9. The summed E-state index contributed by atoms with van der Waals surface area (Å²) in [5.41, 5.74) is 3.25. The van der Waals surface area contributed by atoms with Crippen molar-refractivity contribution in [3.05, 3.63) is 65.9 Å². The highest BCUT2D eigenvalue weighted by molar-refractivity contribution is 7.89. The lowest BCUT2D eigenvalue weighted by Gasteiger charge is -2.18. The van der Waals surface area contributed by atoms with Crippen LogP contribution in [0.1, 0.15) is 11.1 Å². The van der Waals surface area contributed by atoms with Crippen LogP contribution in [-0.4, -0.2) is 37.2 Å². The van der Waals surface area contributed by atoms with E-state index >= 15 is 0 Å². The first-order valence-electron chi connectivity index (χ1n) is 8.46. The molecule has 0 radical (unpaired) electrons. The lowest BCUT2D eigenvalue weighted by Crippen LogP contribution is -2.35. The second-order valence-electron chi connectivity index (χ2n) is 6.43. The smallest absolute Gasteiger partial charge is 0.243 e. The van der Waals surface area contributed by atoms with Crippen LogP contribution in [0.5, 0.6) is 0 Å². The fourth-order valence-electron chi connectivity index (χ4n) is 2.74. The molecule has 1 aromatic heterocycles. The van der Waals surface area contributed by atoms with Gasteiger partial charge in [-0.25, -0.2) is 8.42 Å². The Hall–Kier alpha value is -2.77. The minimum Gasteiger partial charge on any atom is -0.324 e. The summed E-state index contributed by atoms with van der Waals surface area (Å²) in [6, 6.07) is 14.0. The van der Waals surface area contributed by atoms with Crippen molar-refractivity contribution in [1.82, 2.24) is 9.29 Å². The highest BCUT2D eigenvalue weighted by Gasteiger charge is 2.23. The van der Waals surface area contributed by atoms with Crippen molar-refractivity contribution >= 4 is 32.5 Å². The van der Waals surface area contributed by atoms with E-state index in [1.807, 2.05) is 26.0 Å². The zero-order valence-electron chi connectivity index (χ0n) is 15.4. The summed E-state index contributed by atoms with van der Waals surface area (Å²) >= 11 is 0. The summed E-state index contributed by atoms with van der Waals surface area (Å²) in [6.07, 6.45) is 1.68. The monoisotopic (exact) mass is 383 g/mol. The Balaban J connectivity index is 1.77. The number of carbonyl (C=O) groups is 1. The van der Waals surface area contributed by atoms with Crippen LogP contribution in [0.15, 0.2) is 59.6 Å². The average molecular weight is 383 g/mol. The van der Waals surface area contributed by atoms with Gasteiger partial charge < -0.3 is 5.32 Å². The fraction of sp³-hybridized carbons (Fsp3) is 0.200. The third-order valence-electron chi connectivity index (χ3n) is 4.47. The van der Waals surface area contributed by atoms with Crippen molar-refractivity contribution in [3.8, 4) is 0 Å². The second-order valence-corrected chi connectivity index (χ2v) is 8.48. The molecule has 27 heavy (non-hydrogen) atoms. The van der Waals surface area contributed by atoms with Gasteiger partial charge in [-0.1, -0.05) is 12.1 Å². The molecular formula is C20H21N3O3S. The van der Waals surface area contributed by atoms with Gasteiger partial charge in [-0.2, -0.15) is 4.31 Å². The molecule has 0 saturated carbocycles. The van der Waals surface area contributed by atoms with E-state index in [4.69, 9.17) is 0 Å². The molecular weight excluding hydrogens is 362 g/mol. The quantitative estimate of drug-likeness (QED) is 0.734. The predicted molar refractivity (Wildman–Crippen MR) is 106 cm³/mol. The number of likely N-dealkylation sites (N-methyl/N-ethyl adjacent to an activating group) is 1. The number of amides is 1. The molecule has 0 aliphatic carbocycles. The summed E-state index contributed by atoms with van der Waals surface area (Å²) < 4.78 is 26.5. The van der Waals surface area contributed by atoms with Crippen molar-refractivity contribution in [2.24, 2.45) is 0 Å². The normalized spacial score (nSPS) is 11.7. The van der Waals surface area contributed by atoms with Crippen LogP contribution in [0.2, 0.25) is 0 Å². The first kappa shape index (κ1) is 19.0. The largest absolute Gasteiger partial charge is 0.324 e. The number of fused-ring (bicyclic) bond motifs is 1. The van der Waals surface area contributed by atoms with Gasteiger partial charge in [0.2, 0.25) is 15.9 Å². The number of aryl methyl sites for hydroxylation is 2. The summed E-state index contributed by atoms with van der Waals surface area (Å²) in [7, 11) is -2.35. The van der Waals surface area contributed by atoms with Crippen LogP contribution in [0.4, 0.5) is 5.69 Å². The number of rotatable bonds is 5. The van der Waals surface area contributed by atoms with Gasteiger partial charge in [-0.05, 0) is 61.4 Å². The number of benzene rings is 2. The van der Waals surface area contributed by atoms with Gasteiger partial charge in [0.05, 0.1) is 22.6 Å². The number of sulfonamides is 1. The molecule has 0 atom stereocenters. The van der Waals surface area contributed by atoms with Crippen LogP contribution >= 0.6 is 0 Å². The van der Waals surface area contributed by atoms with E-state index in [2.05, 4.69) is 10.3 Å². The Morgan fingerprint density at radius 3 is 2.59 bits per heavy atom. The molecule has 0 unspecified atom stereocenters. The number of anilines is 1. The van der Waals surface area contributed by atoms with Crippen LogP contribution in [0, 0.1) is 13.8 Å². The molecule has 140 valence electrons. The van der Waals surface area contributed by atoms with E-state index in [1.54, 1.807) is 42.6 Å². The van der Waals surface area contributed by atoms with Gasteiger partial charge in [-0.3, -0.25) is 9.78 Å². The molecule has 1 heterocycles. The van der Waals surface area contributed by atoms with E-state index in [0.29, 0.717) is 5.69 Å². The standard InChI is InChI=1S/C20H21N3O3S/c1-14-9-10-16(12-15(14)2)27(25,26)23(3)13-20(24)22-19-8-4-7-18-17(19)6-5-11-21-18/h4-12H,13H2,1-3H3,(H,22,24). The molecule has 7 heteroatoms. The molecule has 0 bridgehead atoms. The van der Waals surface area contributed by atoms with E-state index in [0.717, 1.165) is 26.3 Å². The fourth-order valence-corrected chi connectivity index (χ4v) is 3.96. The second kappa shape index (κ2) is 7.46. The number of carbonyl (C=O) groups excluding carboxylic acids is 1. The lowest BCUT2D eigenvalue weighted by atomic mass is 10.1. The Labute approximate surface area is 158 Å². The number of hydrogen-bond donors (Lipinski definition) is 1. The number of pyridine rings is 1.